The fourth-order valence-electron chi connectivity index (χ4n) is 1.80. The summed E-state index contributed by atoms with van der Waals surface area (Å²) in [7, 11) is 0. The normalized spacial score (nSPS) is 26.9. The van der Waals surface area contributed by atoms with Crippen molar-refractivity contribution in [3.8, 4) is 0 Å². The molecule has 0 radical (unpaired) electrons. The lowest BCUT2D eigenvalue weighted by Gasteiger charge is -2.20. The molecule has 78 valence electrons. The summed E-state index contributed by atoms with van der Waals surface area (Å²) in [6.07, 6.45) is 4.16. The Morgan fingerprint density at radius 1 is 1.57 bits per heavy atom. The Kier molecular flexibility index (Phi) is 2.74. The van der Waals surface area contributed by atoms with Gasteiger partial charge >= 0.3 is 0 Å². The van der Waals surface area contributed by atoms with E-state index in [9.17, 15) is 5.11 Å². The highest BCUT2D eigenvalue weighted by Gasteiger charge is 2.29. The summed E-state index contributed by atoms with van der Waals surface area (Å²) in [5, 5.41) is 24.0. The van der Waals surface area contributed by atoms with Gasteiger partial charge < -0.3 is 10.4 Å². The number of aromatic nitrogens is 4. The molecule has 0 spiro atoms. The maximum absolute atomic E-state index is 10.00. The second kappa shape index (κ2) is 4.02. The highest BCUT2D eigenvalue weighted by molar-refractivity contribution is 4.87. The minimum absolute atomic E-state index is 0.506. The molecule has 0 aliphatic carbocycles. The fraction of sp³-hybridized carbons (Fsp3) is 0.875. The van der Waals surface area contributed by atoms with E-state index in [4.69, 9.17) is 0 Å². The molecule has 2 heterocycles. The Labute approximate surface area is 82.3 Å². The Morgan fingerprint density at radius 2 is 2.50 bits per heavy atom. The minimum atomic E-state index is -0.506. The van der Waals surface area contributed by atoms with Crippen LogP contribution < -0.4 is 5.32 Å². The molecule has 1 fully saturated rings. The molecule has 0 bridgehead atoms. The summed E-state index contributed by atoms with van der Waals surface area (Å²) in [6, 6.07) is 0. The van der Waals surface area contributed by atoms with Crippen LogP contribution in [-0.2, 0) is 6.54 Å². The Morgan fingerprint density at radius 3 is 3.14 bits per heavy atom. The van der Waals surface area contributed by atoms with Gasteiger partial charge in [-0.25, -0.2) is 4.68 Å². The van der Waals surface area contributed by atoms with Gasteiger partial charge in [0.05, 0.1) is 5.60 Å². The van der Waals surface area contributed by atoms with Crippen LogP contribution in [0.1, 0.15) is 19.3 Å². The lowest BCUT2D eigenvalue weighted by molar-refractivity contribution is 0.0487. The van der Waals surface area contributed by atoms with Crippen molar-refractivity contribution in [2.45, 2.75) is 31.4 Å². The first-order valence-corrected chi connectivity index (χ1v) is 4.92. The minimum Gasteiger partial charge on any atom is -0.389 e. The molecule has 1 aliphatic heterocycles. The standard InChI is InChI=1S/C8H15N5O/c14-8(3-4-9-6-8)2-1-5-13-7-10-11-12-13/h7,9,14H,1-6H2. The van der Waals surface area contributed by atoms with Crippen molar-refractivity contribution in [3.05, 3.63) is 6.33 Å². The summed E-state index contributed by atoms with van der Waals surface area (Å²) in [5.74, 6) is 0. The van der Waals surface area contributed by atoms with Crippen LogP contribution in [0, 0.1) is 0 Å². The van der Waals surface area contributed by atoms with E-state index in [-0.39, 0.29) is 0 Å². The lowest BCUT2D eigenvalue weighted by Crippen LogP contribution is -2.31. The molecule has 2 N–H and O–H groups in total. The zero-order valence-electron chi connectivity index (χ0n) is 8.06. The summed E-state index contributed by atoms with van der Waals surface area (Å²) in [4.78, 5) is 0. The van der Waals surface area contributed by atoms with E-state index in [0.29, 0.717) is 6.54 Å². The largest absolute Gasteiger partial charge is 0.389 e. The van der Waals surface area contributed by atoms with Gasteiger partial charge in [0.2, 0.25) is 0 Å². The number of aryl methyl sites for hydroxylation is 1. The molecule has 1 atom stereocenters. The topological polar surface area (TPSA) is 75.9 Å². The van der Waals surface area contributed by atoms with E-state index in [1.165, 1.54) is 0 Å². The molecule has 0 saturated carbocycles. The predicted octanol–water partition coefficient (Wildman–Crippen LogP) is -0.822. The second-order valence-electron chi connectivity index (χ2n) is 3.83. The van der Waals surface area contributed by atoms with Gasteiger partial charge in [-0.1, -0.05) is 0 Å². The molecule has 14 heavy (non-hydrogen) atoms. The van der Waals surface area contributed by atoms with Crippen molar-refractivity contribution in [2.75, 3.05) is 13.1 Å². The summed E-state index contributed by atoms with van der Waals surface area (Å²) in [6.45, 7) is 2.40. The fourth-order valence-corrected chi connectivity index (χ4v) is 1.80. The smallest absolute Gasteiger partial charge is 0.138 e. The predicted molar refractivity (Wildman–Crippen MR) is 49.5 cm³/mol. The maximum Gasteiger partial charge on any atom is 0.138 e. The zero-order valence-corrected chi connectivity index (χ0v) is 8.06. The number of hydrogen-bond acceptors (Lipinski definition) is 5. The third kappa shape index (κ3) is 2.27. The average Bonchev–Trinajstić information content (AvgIpc) is 2.77. The molecular formula is C8H15N5O. The van der Waals surface area contributed by atoms with Crippen LogP contribution in [0.4, 0.5) is 0 Å². The van der Waals surface area contributed by atoms with Crippen molar-refractivity contribution in [3.63, 3.8) is 0 Å². The number of aliphatic hydroxyl groups is 1. The van der Waals surface area contributed by atoms with Crippen molar-refractivity contribution in [2.24, 2.45) is 0 Å². The SMILES string of the molecule is OC1(CCCn2cnnn2)CCNC1. The zero-order chi connectivity index (χ0) is 9.86. The molecule has 0 amide bonds. The van der Waals surface area contributed by atoms with Gasteiger partial charge in [-0.3, -0.25) is 0 Å². The molecule has 1 saturated heterocycles. The molecule has 1 aliphatic rings. The number of β-amino-alcohol motifs (C(OH)–C–C–N with tert-alkyl or cyclic N) is 1. The van der Waals surface area contributed by atoms with Crippen molar-refractivity contribution < 1.29 is 5.11 Å². The van der Waals surface area contributed by atoms with E-state index in [1.807, 2.05) is 0 Å². The van der Waals surface area contributed by atoms with Gasteiger partial charge in [-0.05, 0) is 36.2 Å². The van der Waals surface area contributed by atoms with Crippen molar-refractivity contribution >= 4 is 0 Å². The van der Waals surface area contributed by atoms with Gasteiger partial charge in [0, 0.05) is 13.1 Å². The van der Waals surface area contributed by atoms with Crippen molar-refractivity contribution in [1.29, 1.82) is 0 Å². The van der Waals surface area contributed by atoms with E-state index >= 15 is 0 Å². The van der Waals surface area contributed by atoms with Crippen LogP contribution in [0.15, 0.2) is 6.33 Å². The van der Waals surface area contributed by atoms with Gasteiger partial charge in [-0.15, -0.1) is 5.10 Å². The number of hydrogen-bond donors (Lipinski definition) is 2. The molecule has 0 aromatic carbocycles. The molecule has 1 unspecified atom stereocenters. The summed E-state index contributed by atoms with van der Waals surface area (Å²) < 4.78 is 1.69. The van der Waals surface area contributed by atoms with E-state index in [2.05, 4.69) is 20.8 Å². The summed E-state index contributed by atoms with van der Waals surface area (Å²) in [5.41, 5.74) is -0.506. The van der Waals surface area contributed by atoms with Crippen molar-refractivity contribution in [1.82, 2.24) is 25.5 Å². The second-order valence-corrected chi connectivity index (χ2v) is 3.83. The summed E-state index contributed by atoms with van der Waals surface area (Å²) >= 11 is 0. The number of nitrogens with one attached hydrogen (secondary N) is 1. The molecule has 1 aromatic rings. The first-order valence-electron chi connectivity index (χ1n) is 4.92. The van der Waals surface area contributed by atoms with Gasteiger partial charge in [0.25, 0.3) is 0 Å². The van der Waals surface area contributed by atoms with Gasteiger partial charge in [0.1, 0.15) is 6.33 Å². The highest BCUT2D eigenvalue weighted by Crippen LogP contribution is 2.20. The third-order valence-electron chi connectivity index (χ3n) is 2.64. The van der Waals surface area contributed by atoms with Crippen LogP contribution in [0.5, 0.6) is 0 Å². The molecule has 6 heteroatoms. The van der Waals surface area contributed by atoms with Crippen LogP contribution >= 0.6 is 0 Å². The number of tetrazole rings is 1. The monoisotopic (exact) mass is 197 g/mol. The lowest BCUT2D eigenvalue weighted by atomic mass is 9.97. The number of nitrogens with zero attached hydrogens (tertiary/aromatic N) is 4. The first kappa shape index (κ1) is 9.54. The average molecular weight is 197 g/mol. The molecule has 1 aromatic heterocycles. The van der Waals surface area contributed by atoms with Crippen LogP contribution in [0.25, 0.3) is 0 Å². The van der Waals surface area contributed by atoms with Gasteiger partial charge in [-0.2, -0.15) is 0 Å². The number of rotatable bonds is 4. The highest BCUT2D eigenvalue weighted by atomic mass is 16.3. The Bertz CT molecular complexity index is 267. The van der Waals surface area contributed by atoms with Gasteiger partial charge in [0.15, 0.2) is 0 Å². The van der Waals surface area contributed by atoms with Crippen LogP contribution in [0.2, 0.25) is 0 Å². The van der Waals surface area contributed by atoms with E-state index < -0.39 is 5.60 Å². The Balaban J connectivity index is 1.72. The van der Waals surface area contributed by atoms with E-state index in [0.717, 1.165) is 32.4 Å². The Hall–Kier alpha value is -1.01. The third-order valence-corrected chi connectivity index (χ3v) is 2.64. The quantitative estimate of drug-likeness (QED) is 0.659. The molecular weight excluding hydrogens is 182 g/mol. The van der Waals surface area contributed by atoms with Crippen LogP contribution in [-0.4, -0.2) is 44.0 Å². The molecule has 2 rings (SSSR count). The van der Waals surface area contributed by atoms with E-state index in [1.54, 1.807) is 11.0 Å². The maximum atomic E-state index is 10.00. The molecule has 6 nitrogen and oxygen atoms in total. The van der Waals surface area contributed by atoms with Crippen LogP contribution in [0.3, 0.4) is 0 Å². The first-order chi connectivity index (χ1) is 6.79.